The number of methoxy groups -OCH3 is 1. The van der Waals surface area contributed by atoms with Gasteiger partial charge in [-0.3, -0.25) is 19.6 Å². The Morgan fingerprint density at radius 3 is 1.63 bits per heavy atom. The standard InChI is InChI=1S/C26H30N6O4S.C24H28N6O2S/c1-14(10-28-26(34)35-4)36-20-8-17-12-27-11-16(17)7-19(20)31-23-22-18-6-5-15(25(33)32(2)3)9-21(18)37-24(22)30-13-29-23;1-13(9-25)32-19-7-16-11-26-10-15(16)6-18(19)29-22-21-17-5-4-14(24(31)30(2)3)8-20(17)33-23(21)28-12-27-22/h7-8,11,13-15H,5-6,9-10,12H2,1-4H3,(H,28,34)(H,29,30,31);6-7,10,12-14H,4-5,8-9,11,25H2,1-3H3,(H,27,28,29)/t14-,15+;13-,14+/m11/s1. The molecule has 0 saturated carbocycles. The molecular weight excluding hydrogens is 929 g/mol. The van der Waals surface area contributed by atoms with Crippen molar-refractivity contribution in [2.75, 3.05) is 59.0 Å². The normalized spacial score (nSPS) is 17.0. The van der Waals surface area contributed by atoms with E-state index in [4.69, 9.17) is 15.2 Å². The van der Waals surface area contributed by atoms with E-state index in [0.29, 0.717) is 37.7 Å². The lowest BCUT2D eigenvalue weighted by atomic mass is 9.87. The van der Waals surface area contributed by atoms with Crippen LogP contribution in [0.5, 0.6) is 11.5 Å². The minimum absolute atomic E-state index is 0.00369. The molecule has 2 aromatic carbocycles. The molecule has 3 amide bonds. The van der Waals surface area contributed by atoms with Gasteiger partial charge in [-0.1, -0.05) is 0 Å². The number of nitrogens with two attached hydrogens (primary N) is 1. The Labute approximate surface area is 414 Å². The zero-order valence-corrected chi connectivity index (χ0v) is 42.1. The number of carbonyl (C=O) groups is 3. The fourth-order valence-corrected chi connectivity index (χ4v) is 11.8. The maximum absolute atomic E-state index is 12.6. The molecule has 6 aromatic rings. The molecule has 5 N–H and O–H groups in total. The van der Waals surface area contributed by atoms with Crippen molar-refractivity contribution in [3.63, 3.8) is 0 Å². The van der Waals surface area contributed by atoms with Gasteiger partial charge in [0, 0.05) is 68.8 Å². The van der Waals surface area contributed by atoms with Crippen LogP contribution in [0.2, 0.25) is 0 Å². The number of thiophene rings is 2. The van der Waals surface area contributed by atoms with Gasteiger partial charge in [-0.25, -0.2) is 24.7 Å². The van der Waals surface area contributed by atoms with Crippen molar-refractivity contribution in [3.8, 4) is 11.5 Å². The summed E-state index contributed by atoms with van der Waals surface area (Å²) in [4.78, 5) is 71.3. The number of fused-ring (bicyclic) bond motifs is 8. The van der Waals surface area contributed by atoms with Gasteiger partial charge in [0.05, 0.1) is 48.9 Å². The summed E-state index contributed by atoms with van der Waals surface area (Å²) < 4.78 is 17.0. The first kappa shape index (κ1) is 48.3. The van der Waals surface area contributed by atoms with Gasteiger partial charge in [-0.2, -0.15) is 0 Å². The Morgan fingerprint density at radius 1 is 0.714 bits per heavy atom. The first-order chi connectivity index (χ1) is 33.8. The second-order valence-corrected chi connectivity index (χ2v) is 20.6. The van der Waals surface area contributed by atoms with Crippen molar-refractivity contribution in [2.45, 2.75) is 77.7 Å². The van der Waals surface area contributed by atoms with Crippen LogP contribution in [0.15, 0.2) is 46.9 Å². The molecule has 0 radical (unpaired) electrons. The predicted molar refractivity (Wildman–Crippen MR) is 275 cm³/mol. The highest BCUT2D eigenvalue weighted by molar-refractivity contribution is 7.19. The van der Waals surface area contributed by atoms with Crippen molar-refractivity contribution in [2.24, 2.45) is 27.6 Å². The van der Waals surface area contributed by atoms with Gasteiger partial charge in [0.25, 0.3) is 0 Å². The highest BCUT2D eigenvalue weighted by Gasteiger charge is 2.32. The van der Waals surface area contributed by atoms with E-state index in [2.05, 4.69) is 56.7 Å². The monoisotopic (exact) mass is 986 g/mol. The van der Waals surface area contributed by atoms with Crippen molar-refractivity contribution in [1.29, 1.82) is 0 Å². The topological polar surface area (TPSA) is 224 Å². The molecule has 18 nitrogen and oxygen atoms in total. The first-order valence-corrected chi connectivity index (χ1v) is 25.1. The molecule has 366 valence electrons. The van der Waals surface area contributed by atoms with E-state index in [1.807, 2.05) is 72.7 Å². The maximum atomic E-state index is 12.6. The van der Waals surface area contributed by atoms with E-state index in [0.717, 1.165) is 104 Å². The lowest BCUT2D eigenvalue weighted by Crippen LogP contribution is -2.33. The van der Waals surface area contributed by atoms with Crippen LogP contribution in [0, 0.1) is 11.8 Å². The van der Waals surface area contributed by atoms with Crippen molar-refractivity contribution < 1.29 is 28.6 Å². The molecule has 0 fully saturated rings. The molecule has 4 atom stereocenters. The number of benzene rings is 2. The number of nitrogens with zero attached hydrogens (tertiary/aromatic N) is 8. The Kier molecular flexibility index (Phi) is 14.3. The Morgan fingerprint density at radius 2 is 1.19 bits per heavy atom. The van der Waals surface area contributed by atoms with Crippen LogP contribution in [0.4, 0.5) is 27.8 Å². The van der Waals surface area contributed by atoms with Crippen LogP contribution < -0.4 is 31.2 Å². The van der Waals surface area contributed by atoms with Gasteiger partial charge in [0.15, 0.2) is 0 Å². The summed E-state index contributed by atoms with van der Waals surface area (Å²) in [7, 11) is 8.59. The minimum Gasteiger partial charge on any atom is -0.487 e. The zero-order valence-electron chi connectivity index (χ0n) is 40.4. The van der Waals surface area contributed by atoms with Gasteiger partial charge >= 0.3 is 6.09 Å². The van der Waals surface area contributed by atoms with Crippen molar-refractivity contribution in [3.05, 3.63) is 80.1 Å². The number of rotatable bonds is 13. The van der Waals surface area contributed by atoms with Gasteiger partial charge < -0.3 is 45.7 Å². The van der Waals surface area contributed by atoms with Crippen LogP contribution in [0.3, 0.4) is 0 Å². The number of ether oxygens (including phenoxy) is 3. The molecule has 2 aliphatic heterocycles. The molecule has 70 heavy (non-hydrogen) atoms. The van der Waals surface area contributed by atoms with Gasteiger partial charge in [0.2, 0.25) is 11.8 Å². The number of amides is 3. The summed E-state index contributed by atoms with van der Waals surface area (Å²) in [5.74, 6) is 3.24. The number of alkyl carbamates (subject to hydrolysis) is 1. The number of carbonyl (C=O) groups excluding carboxylic acids is 3. The number of hydrogen-bond donors (Lipinski definition) is 4. The van der Waals surface area contributed by atoms with Crippen LogP contribution in [0.1, 0.15) is 69.8 Å². The summed E-state index contributed by atoms with van der Waals surface area (Å²) in [5, 5.41) is 11.7. The Hall–Kier alpha value is -6.77. The summed E-state index contributed by atoms with van der Waals surface area (Å²) in [6.07, 6.45) is 10.7. The van der Waals surface area contributed by atoms with Gasteiger partial charge in [-0.15, -0.1) is 22.7 Å². The Bertz CT molecular complexity index is 3040. The van der Waals surface area contributed by atoms with Crippen LogP contribution >= 0.6 is 22.7 Å². The molecule has 4 aliphatic rings. The van der Waals surface area contributed by atoms with E-state index in [1.54, 1.807) is 45.1 Å². The molecule has 2 aliphatic carbocycles. The molecule has 6 heterocycles. The summed E-state index contributed by atoms with van der Waals surface area (Å²) >= 11 is 3.30. The second kappa shape index (κ2) is 20.7. The lowest BCUT2D eigenvalue weighted by molar-refractivity contribution is -0.134. The molecular formula is C50H58N12O6S2. The van der Waals surface area contributed by atoms with Crippen molar-refractivity contribution in [1.82, 2.24) is 35.1 Å². The van der Waals surface area contributed by atoms with E-state index < -0.39 is 6.09 Å². The average Bonchev–Trinajstić information content (AvgIpc) is 4.17. The lowest BCUT2D eigenvalue weighted by Gasteiger charge is -2.24. The van der Waals surface area contributed by atoms with E-state index in [-0.39, 0.29) is 35.9 Å². The maximum Gasteiger partial charge on any atom is 0.406 e. The number of anilines is 4. The summed E-state index contributed by atoms with van der Waals surface area (Å²) in [5.41, 5.74) is 14.2. The van der Waals surface area contributed by atoms with Crippen LogP contribution in [-0.4, -0.2) is 121 Å². The SMILES string of the molecule is COC(=O)NC[C@@H](C)Oc1cc2c(cc1Nc1ncnc3sc4c(c13)CC[C@H](C(=O)N(C)C)C4)C=NC2.C[C@H](CN)Oc1cc2c(cc1Nc1ncnc3sc4c(c13)CC[C@H](C(=O)N(C)C)C4)C=NC2. The molecule has 0 spiro atoms. The average molecular weight is 987 g/mol. The molecule has 10 rings (SSSR count). The van der Waals surface area contributed by atoms with E-state index >= 15 is 0 Å². The van der Waals surface area contributed by atoms with E-state index in [9.17, 15) is 14.4 Å². The third-order valence-corrected chi connectivity index (χ3v) is 15.3. The minimum atomic E-state index is -0.503. The second-order valence-electron chi connectivity index (χ2n) is 18.4. The fourth-order valence-electron chi connectivity index (χ4n) is 9.31. The van der Waals surface area contributed by atoms with Gasteiger partial charge in [-0.05, 0) is 110 Å². The smallest absolute Gasteiger partial charge is 0.406 e. The quantitative estimate of drug-likeness (QED) is 0.0919. The van der Waals surface area contributed by atoms with Crippen LogP contribution in [0.25, 0.3) is 20.4 Å². The molecule has 20 heteroatoms. The summed E-state index contributed by atoms with van der Waals surface area (Å²) in [6, 6.07) is 8.09. The van der Waals surface area contributed by atoms with Crippen LogP contribution in [-0.2, 0) is 53.1 Å². The highest BCUT2D eigenvalue weighted by Crippen LogP contribution is 2.44. The fraction of sp³-hybridized carbons (Fsp3) is 0.420. The Balaban J connectivity index is 0.000000175. The highest BCUT2D eigenvalue weighted by atomic mass is 32.1. The molecule has 0 unspecified atom stereocenters. The van der Waals surface area contributed by atoms with Crippen molar-refractivity contribution >= 4 is 96.5 Å². The number of aryl methyl sites for hydroxylation is 2. The number of aliphatic imine (C=N–C) groups is 2. The zero-order chi connectivity index (χ0) is 49.2. The largest absolute Gasteiger partial charge is 0.487 e. The van der Waals surface area contributed by atoms with Gasteiger partial charge in [0.1, 0.15) is 57.7 Å². The molecule has 0 saturated heterocycles. The van der Waals surface area contributed by atoms with E-state index in [1.165, 1.54) is 28.0 Å². The predicted octanol–water partition coefficient (Wildman–Crippen LogP) is 6.97. The third kappa shape index (κ3) is 10.1. The number of nitrogens with one attached hydrogen (secondary N) is 3. The number of hydrogen-bond acceptors (Lipinski definition) is 17. The third-order valence-electron chi connectivity index (χ3n) is 13.0. The number of aromatic nitrogens is 4. The summed E-state index contributed by atoms with van der Waals surface area (Å²) in [6.45, 7) is 5.82. The first-order valence-electron chi connectivity index (χ1n) is 23.4. The molecule has 4 aromatic heterocycles. The molecule has 0 bridgehead atoms.